The summed E-state index contributed by atoms with van der Waals surface area (Å²) in [5, 5.41) is 3.04. The molecule has 9 heteroatoms. The summed E-state index contributed by atoms with van der Waals surface area (Å²) < 4.78 is 28.9. The second-order valence-corrected chi connectivity index (χ2v) is 12.2. The van der Waals surface area contributed by atoms with E-state index in [-0.39, 0.29) is 24.9 Å². The van der Waals surface area contributed by atoms with Gasteiger partial charge in [-0.3, -0.25) is 9.59 Å². The molecule has 0 aliphatic rings. The highest BCUT2D eigenvalue weighted by molar-refractivity contribution is 7.90. The Morgan fingerprint density at radius 3 is 1.98 bits per heavy atom. The summed E-state index contributed by atoms with van der Waals surface area (Å²) in [6.07, 6.45) is 1.02. The number of hydrogen-bond donors (Lipinski definition) is 1. The summed E-state index contributed by atoms with van der Waals surface area (Å²) in [5.41, 5.74) is 3.18. The highest BCUT2D eigenvalue weighted by Gasteiger charge is 2.34. The number of aryl methyl sites for hydroxylation is 1. The molecular formula is C31H40N4O4S. The fraction of sp³-hybridized carbons (Fsp3) is 0.355. The number of nitrogens with zero attached hydrogens (tertiary/aromatic N) is 3. The fourth-order valence-corrected chi connectivity index (χ4v) is 5.25. The molecule has 40 heavy (non-hydrogen) atoms. The monoisotopic (exact) mass is 564 g/mol. The van der Waals surface area contributed by atoms with E-state index in [1.54, 1.807) is 30.3 Å². The molecule has 0 unspecified atom stereocenters. The van der Waals surface area contributed by atoms with Gasteiger partial charge in [0.2, 0.25) is 11.8 Å². The molecule has 0 bridgehead atoms. The highest BCUT2D eigenvalue weighted by Crippen LogP contribution is 2.22. The molecule has 0 aliphatic heterocycles. The Balaban J connectivity index is 2.07. The summed E-state index contributed by atoms with van der Waals surface area (Å²) in [6, 6.07) is 24.9. The van der Waals surface area contributed by atoms with Crippen LogP contribution in [0.4, 0.5) is 5.69 Å². The molecule has 0 saturated carbocycles. The van der Waals surface area contributed by atoms with Crippen molar-refractivity contribution in [3.8, 4) is 0 Å². The van der Waals surface area contributed by atoms with Crippen molar-refractivity contribution in [1.82, 2.24) is 14.5 Å². The molecule has 8 nitrogen and oxygen atoms in total. The zero-order valence-corrected chi connectivity index (χ0v) is 24.8. The predicted octanol–water partition coefficient (Wildman–Crippen LogP) is 4.16. The van der Waals surface area contributed by atoms with Crippen molar-refractivity contribution in [1.29, 1.82) is 0 Å². The van der Waals surface area contributed by atoms with Crippen LogP contribution >= 0.6 is 0 Å². The van der Waals surface area contributed by atoms with Gasteiger partial charge in [-0.2, -0.15) is 12.7 Å². The van der Waals surface area contributed by atoms with Crippen molar-refractivity contribution in [3.05, 3.63) is 102 Å². The second-order valence-electron chi connectivity index (χ2n) is 10.2. The topological polar surface area (TPSA) is 90.0 Å². The molecule has 0 radical (unpaired) electrons. The summed E-state index contributed by atoms with van der Waals surface area (Å²) in [4.78, 5) is 29.4. The minimum absolute atomic E-state index is 0.0861. The van der Waals surface area contributed by atoms with Gasteiger partial charge in [0.15, 0.2) is 0 Å². The lowest BCUT2D eigenvalue weighted by atomic mass is 10.0. The van der Waals surface area contributed by atoms with Gasteiger partial charge in [-0.05, 0) is 43.5 Å². The van der Waals surface area contributed by atoms with E-state index in [1.165, 1.54) is 19.0 Å². The van der Waals surface area contributed by atoms with Crippen LogP contribution in [0.2, 0.25) is 0 Å². The van der Waals surface area contributed by atoms with Gasteiger partial charge in [0.25, 0.3) is 0 Å². The van der Waals surface area contributed by atoms with Crippen molar-refractivity contribution in [2.75, 3.05) is 24.9 Å². The zero-order valence-electron chi connectivity index (χ0n) is 23.9. The van der Waals surface area contributed by atoms with Crippen LogP contribution in [-0.4, -0.2) is 62.2 Å². The molecule has 2 atom stereocenters. The Morgan fingerprint density at radius 1 is 0.850 bits per heavy atom. The molecule has 0 aromatic heterocycles. The van der Waals surface area contributed by atoms with Crippen molar-refractivity contribution >= 4 is 27.7 Å². The van der Waals surface area contributed by atoms with Gasteiger partial charge in [0.05, 0.1) is 5.69 Å². The van der Waals surface area contributed by atoms with Crippen molar-refractivity contribution in [2.45, 2.75) is 52.2 Å². The third kappa shape index (κ3) is 8.16. The van der Waals surface area contributed by atoms with E-state index < -0.39 is 28.7 Å². The smallest absolute Gasteiger partial charge is 0.304 e. The van der Waals surface area contributed by atoms with Gasteiger partial charge in [-0.15, -0.1) is 0 Å². The molecule has 3 aromatic rings. The first-order chi connectivity index (χ1) is 19.0. The summed E-state index contributed by atoms with van der Waals surface area (Å²) in [7, 11) is -1.15. The maximum absolute atomic E-state index is 14.2. The molecule has 0 fully saturated rings. The van der Waals surface area contributed by atoms with Crippen molar-refractivity contribution < 1.29 is 18.0 Å². The molecule has 0 spiro atoms. The van der Waals surface area contributed by atoms with Gasteiger partial charge in [0, 0.05) is 33.1 Å². The number of benzene rings is 3. The lowest BCUT2D eigenvalue weighted by Gasteiger charge is -2.35. The molecule has 0 heterocycles. The van der Waals surface area contributed by atoms with E-state index in [2.05, 4.69) is 5.32 Å². The van der Waals surface area contributed by atoms with Crippen LogP contribution in [0, 0.1) is 6.92 Å². The van der Waals surface area contributed by atoms with E-state index in [0.717, 1.165) is 31.7 Å². The minimum Gasteiger partial charge on any atom is -0.352 e. The third-order valence-corrected chi connectivity index (χ3v) is 8.63. The van der Waals surface area contributed by atoms with E-state index in [9.17, 15) is 18.0 Å². The first-order valence-electron chi connectivity index (χ1n) is 13.5. The number of carbonyl (C=O) groups is 2. The molecule has 214 valence electrons. The van der Waals surface area contributed by atoms with E-state index in [1.807, 2.05) is 75.4 Å². The quantitative estimate of drug-likeness (QED) is 0.338. The minimum atomic E-state index is -4.01. The van der Waals surface area contributed by atoms with Gasteiger partial charge >= 0.3 is 10.2 Å². The third-order valence-electron chi connectivity index (χ3n) is 6.81. The molecule has 3 rings (SSSR count). The van der Waals surface area contributed by atoms with Crippen LogP contribution in [0.25, 0.3) is 0 Å². The van der Waals surface area contributed by atoms with Crippen LogP contribution in [0.15, 0.2) is 84.9 Å². The Kier molecular flexibility index (Phi) is 10.9. The van der Waals surface area contributed by atoms with Crippen molar-refractivity contribution in [3.63, 3.8) is 0 Å². The number of para-hydroxylation sites is 1. The van der Waals surface area contributed by atoms with Crippen LogP contribution < -0.4 is 9.62 Å². The summed E-state index contributed by atoms with van der Waals surface area (Å²) in [5.74, 6) is -0.754. The highest BCUT2D eigenvalue weighted by atomic mass is 32.2. The summed E-state index contributed by atoms with van der Waals surface area (Å²) >= 11 is 0. The molecule has 2 amide bonds. The van der Waals surface area contributed by atoms with Gasteiger partial charge < -0.3 is 10.2 Å². The lowest BCUT2D eigenvalue weighted by molar-refractivity contribution is -0.140. The molecule has 1 N–H and O–H groups in total. The normalized spacial score (nSPS) is 12.9. The largest absolute Gasteiger partial charge is 0.352 e. The SMILES string of the molecule is CC[C@H](C)NC(=O)[C@H](Cc1ccccc1)N(Cc1ccc(C)cc1)C(=O)CN(c1ccccc1)S(=O)(=O)N(C)C. The number of nitrogens with one attached hydrogen (secondary N) is 1. The van der Waals surface area contributed by atoms with Crippen LogP contribution in [0.3, 0.4) is 0 Å². The average molecular weight is 565 g/mol. The number of amides is 2. The predicted molar refractivity (Wildman–Crippen MR) is 160 cm³/mol. The maximum atomic E-state index is 14.2. The Bertz CT molecular complexity index is 1350. The van der Waals surface area contributed by atoms with E-state index in [0.29, 0.717) is 5.69 Å². The Morgan fingerprint density at radius 2 is 1.43 bits per heavy atom. The first-order valence-corrected chi connectivity index (χ1v) is 14.9. The summed E-state index contributed by atoms with van der Waals surface area (Å²) in [6.45, 7) is 5.57. The molecule has 3 aromatic carbocycles. The molecule has 0 aliphatic carbocycles. The van der Waals surface area contributed by atoms with Crippen LogP contribution in [0.1, 0.15) is 37.0 Å². The molecule has 0 saturated heterocycles. The Hall–Kier alpha value is -3.69. The first kappa shape index (κ1) is 30.8. The number of carbonyl (C=O) groups excluding carboxylic acids is 2. The van der Waals surface area contributed by atoms with Crippen molar-refractivity contribution in [2.24, 2.45) is 0 Å². The van der Waals surface area contributed by atoms with Crippen LogP contribution in [0.5, 0.6) is 0 Å². The standard InChI is InChI=1S/C31H40N4O4S/c1-6-25(3)32-31(37)29(21-26-13-9-7-10-14-26)34(22-27-19-17-24(2)18-20-27)30(36)23-35(40(38,39)33(4)5)28-15-11-8-12-16-28/h7-20,25,29H,6,21-23H2,1-5H3,(H,32,37)/t25-,29-/m0/s1. The van der Waals surface area contributed by atoms with Gasteiger partial charge in [0.1, 0.15) is 12.6 Å². The average Bonchev–Trinajstić information content (AvgIpc) is 2.95. The van der Waals surface area contributed by atoms with E-state index in [4.69, 9.17) is 0 Å². The van der Waals surface area contributed by atoms with Crippen LogP contribution in [-0.2, 0) is 32.8 Å². The molecular weight excluding hydrogens is 524 g/mol. The second kappa shape index (κ2) is 14.1. The lowest BCUT2D eigenvalue weighted by Crippen LogP contribution is -2.55. The zero-order chi connectivity index (χ0) is 29.3. The number of hydrogen-bond acceptors (Lipinski definition) is 4. The maximum Gasteiger partial charge on any atom is 0.304 e. The van der Waals surface area contributed by atoms with Gasteiger partial charge in [-0.25, -0.2) is 4.31 Å². The fourth-order valence-electron chi connectivity index (χ4n) is 4.20. The Labute approximate surface area is 238 Å². The van der Waals surface area contributed by atoms with Gasteiger partial charge in [-0.1, -0.05) is 85.3 Å². The number of rotatable bonds is 13. The number of anilines is 1. The van der Waals surface area contributed by atoms with E-state index >= 15 is 0 Å².